The number of aromatic nitrogens is 1. The van der Waals surface area contributed by atoms with Crippen LogP contribution in [0.4, 0.5) is 15.6 Å². The molecular formula is C22H29N3O6S. The minimum absolute atomic E-state index is 0.160. The van der Waals surface area contributed by atoms with Crippen LogP contribution in [0.1, 0.15) is 50.5 Å². The molecular weight excluding hydrogens is 434 g/mol. The largest absolute Gasteiger partial charge is 0.482 e. The molecule has 0 spiro atoms. The standard InChI is InChI=1S/C22H29N3O6S/c1-4-7-8-13-25(16-9-11-17(12-10-16)31-14-19(26)29-5-2)22(28)24-21-23-18(15-32-21)20(27)30-6-3/h9-12,15H,4-8,13-14H2,1-3H3,(H,23,24,28). The van der Waals surface area contributed by atoms with Crippen LogP contribution in [0.25, 0.3) is 0 Å². The van der Waals surface area contributed by atoms with Gasteiger partial charge in [0.2, 0.25) is 0 Å². The highest BCUT2D eigenvalue weighted by atomic mass is 32.1. The molecule has 1 heterocycles. The van der Waals surface area contributed by atoms with Gasteiger partial charge in [-0.25, -0.2) is 19.4 Å². The number of benzene rings is 1. The lowest BCUT2D eigenvalue weighted by Gasteiger charge is -2.23. The van der Waals surface area contributed by atoms with E-state index in [2.05, 4.69) is 17.2 Å². The van der Waals surface area contributed by atoms with E-state index >= 15 is 0 Å². The third-order valence-corrected chi connectivity index (χ3v) is 5.00. The van der Waals surface area contributed by atoms with Crippen molar-refractivity contribution in [3.05, 3.63) is 35.3 Å². The number of hydrogen-bond donors (Lipinski definition) is 1. The minimum Gasteiger partial charge on any atom is -0.482 e. The van der Waals surface area contributed by atoms with Gasteiger partial charge >= 0.3 is 18.0 Å². The number of anilines is 2. The molecule has 2 amide bonds. The van der Waals surface area contributed by atoms with Crippen LogP contribution in [0.15, 0.2) is 29.6 Å². The first-order valence-corrected chi connectivity index (χ1v) is 11.5. The average molecular weight is 464 g/mol. The van der Waals surface area contributed by atoms with Crippen molar-refractivity contribution in [1.29, 1.82) is 0 Å². The minimum atomic E-state index is -0.526. The normalized spacial score (nSPS) is 10.3. The van der Waals surface area contributed by atoms with Gasteiger partial charge < -0.3 is 14.2 Å². The maximum Gasteiger partial charge on any atom is 0.357 e. The molecule has 0 aliphatic rings. The predicted octanol–water partition coefficient (Wildman–Crippen LogP) is 4.49. The van der Waals surface area contributed by atoms with Crippen LogP contribution >= 0.6 is 11.3 Å². The second kappa shape index (κ2) is 13.3. The Bertz CT molecular complexity index is 884. The molecule has 1 aromatic carbocycles. The fraction of sp³-hybridized carbons (Fsp3) is 0.455. The van der Waals surface area contributed by atoms with Gasteiger partial charge in [0.05, 0.1) is 13.2 Å². The molecule has 0 saturated carbocycles. The fourth-order valence-corrected chi connectivity index (χ4v) is 3.39. The quantitative estimate of drug-likeness (QED) is 0.365. The van der Waals surface area contributed by atoms with E-state index in [0.717, 1.165) is 30.6 Å². The lowest BCUT2D eigenvalue weighted by molar-refractivity contribution is -0.145. The van der Waals surface area contributed by atoms with Crippen LogP contribution in [0, 0.1) is 0 Å². The Labute approximate surface area is 191 Å². The summed E-state index contributed by atoms with van der Waals surface area (Å²) in [6.45, 7) is 6.42. The van der Waals surface area contributed by atoms with Gasteiger partial charge in [-0.3, -0.25) is 10.2 Å². The molecule has 0 bridgehead atoms. The number of unbranched alkanes of at least 4 members (excludes halogenated alkanes) is 2. The summed E-state index contributed by atoms with van der Waals surface area (Å²) in [4.78, 5) is 41.9. The number of thiazole rings is 1. The first kappa shape index (κ1) is 25.1. The van der Waals surface area contributed by atoms with Crippen molar-refractivity contribution in [2.45, 2.75) is 40.0 Å². The summed E-state index contributed by atoms with van der Waals surface area (Å²) in [7, 11) is 0. The highest BCUT2D eigenvalue weighted by Gasteiger charge is 2.19. The van der Waals surface area contributed by atoms with E-state index in [4.69, 9.17) is 14.2 Å². The van der Waals surface area contributed by atoms with Gasteiger partial charge in [-0.1, -0.05) is 19.8 Å². The summed E-state index contributed by atoms with van der Waals surface area (Å²) in [6.07, 6.45) is 2.83. The van der Waals surface area contributed by atoms with E-state index in [1.165, 1.54) is 0 Å². The van der Waals surface area contributed by atoms with Crippen LogP contribution < -0.4 is 15.0 Å². The molecule has 1 aromatic heterocycles. The molecule has 0 aliphatic heterocycles. The Morgan fingerprint density at radius 3 is 2.41 bits per heavy atom. The Kier molecular flexibility index (Phi) is 10.5. The number of hydrogen-bond acceptors (Lipinski definition) is 8. The first-order chi connectivity index (χ1) is 15.5. The zero-order chi connectivity index (χ0) is 23.3. The molecule has 0 fully saturated rings. The van der Waals surface area contributed by atoms with Gasteiger partial charge in [0.25, 0.3) is 0 Å². The highest BCUT2D eigenvalue weighted by Crippen LogP contribution is 2.23. The van der Waals surface area contributed by atoms with Gasteiger partial charge in [-0.15, -0.1) is 11.3 Å². The summed E-state index contributed by atoms with van der Waals surface area (Å²) in [5.74, 6) is -0.472. The van der Waals surface area contributed by atoms with Crippen molar-refractivity contribution in [2.24, 2.45) is 0 Å². The van der Waals surface area contributed by atoms with E-state index < -0.39 is 11.9 Å². The summed E-state index contributed by atoms with van der Waals surface area (Å²) < 4.78 is 15.2. The van der Waals surface area contributed by atoms with Gasteiger partial charge in [0.1, 0.15) is 5.75 Å². The zero-order valence-corrected chi connectivity index (χ0v) is 19.4. The van der Waals surface area contributed by atoms with E-state index in [1.54, 1.807) is 48.4 Å². The fourth-order valence-electron chi connectivity index (χ4n) is 2.72. The Morgan fingerprint density at radius 1 is 1.03 bits per heavy atom. The second-order valence-electron chi connectivity index (χ2n) is 6.63. The molecule has 2 aromatic rings. The van der Waals surface area contributed by atoms with Crippen LogP contribution in [0.3, 0.4) is 0 Å². The van der Waals surface area contributed by atoms with Crippen LogP contribution in [0.2, 0.25) is 0 Å². The van der Waals surface area contributed by atoms with Crippen LogP contribution in [-0.4, -0.2) is 49.3 Å². The maximum absolute atomic E-state index is 13.0. The van der Waals surface area contributed by atoms with Gasteiger partial charge in [-0.05, 0) is 44.5 Å². The van der Waals surface area contributed by atoms with Crippen molar-refractivity contribution >= 4 is 40.1 Å². The van der Waals surface area contributed by atoms with E-state index in [-0.39, 0.29) is 24.9 Å². The number of carbonyl (C=O) groups is 3. The average Bonchev–Trinajstić information content (AvgIpc) is 3.25. The number of nitrogens with zero attached hydrogens (tertiary/aromatic N) is 2. The number of carbonyl (C=O) groups excluding carboxylic acids is 3. The van der Waals surface area contributed by atoms with Crippen molar-refractivity contribution in [1.82, 2.24) is 4.98 Å². The van der Waals surface area contributed by atoms with E-state index in [0.29, 0.717) is 29.7 Å². The summed E-state index contributed by atoms with van der Waals surface area (Å²) in [5, 5.41) is 4.61. The van der Waals surface area contributed by atoms with Crippen LogP contribution in [0.5, 0.6) is 5.75 Å². The molecule has 0 saturated heterocycles. The molecule has 174 valence electrons. The Hall–Kier alpha value is -3.14. The molecule has 32 heavy (non-hydrogen) atoms. The summed E-state index contributed by atoms with van der Waals surface area (Å²) in [5.41, 5.74) is 0.831. The van der Waals surface area contributed by atoms with Gasteiger partial charge in [0.15, 0.2) is 17.4 Å². The third-order valence-electron chi connectivity index (χ3n) is 4.24. The molecule has 9 nitrogen and oxygen atoms in total. The number of amides is 2. The molecule has 1 N–H and O–H groups in total. The number of urea groups is 1. The monoisotopic (exact) mass is 463 g/mol. The molecule has 0 atom stereocenters. The van der Waals surface area contributed by atoms with Gasteiger partial charge in [0, 0.05) is 17.6 Å². The van der Waals surface area contributed by atoms with Crippen molar-refractivity contribution in [2.75, 3.05) is 36.6 Å². The Balaban J connectivity index is 2.07. The second-order valence-corrected chi connectivity index (χ2v) is 7.49. The molecule has 0 aliphatic carbocycles. The molecule has 2 rings (SSSR count). The first-order valence-electron chi connectivity index (χ1n) is 10.6. The number of rotatable bonds is 12. The predicted molar refractivity (Wildman–Crippen MR) is 123 cm³/mol. The van der Waals surface area contributed by atoms with Crippen LogP contribution in [-0.2, 0) is 14.3 Å². The maximum atomic E-state index is 13.0. The Morgan fingerprint density at radius 2 is 1.75 bits per heavy atom. The van der Waals surface area contributed by atoms with E-state index in [9.17, 15) is 14.4 Å². The summed E-state index contributed by atoms with van der Waals surface area (Å²) in [6, 6.07) is 6.52. The molecule has 0 radical (unpaired) electrons. The summed E-state index contributed by atoms with van der Waals surface area (Å²) >= 11 is 1.15. The topological polar surface area (TPSA) is 107 Å². The highest BCUT2D eigenvalue weighted by molar-refractivity contribution is 7.14. The molecule has 10 heteroatoms. The number of nitrogens with one attached hydrogen (secondary N) is 1. The van der Waals surface area contributed by atoms with Crippen molar-refractivity contribution in [3.63, 3.8) is 0 Å². The number of ether oxygens (including phenoxy) is 3. The van der Waals surface area contributed by atoms with E-state index in [1.807, 2.05) is 0 Å². The van der Waals surface area contributed by atoms with Crippen molar-refractivity contribution < 1.29 is 28.6 Å². The number of esters is 2. The third kappa shape index (κ3) is 7.84. The zero-order valence-electron chi connectivity index (χ0n) is 18.6. The van der Waals surface area contributed by atoms with Gasteiger partial charge in [-0.2, -0.15) is 0 Å². The lowest BCUT2D eigenvalue weighted by Crippen LogP contribution is -2.35. The smallest absolute Gasteiger partial charge is 0.357 e. The SMILES string of the molecule is CCCCCN(C(=O)Nc1nc(C(=O)OCC)cs1)c1ccc(OCC(=O)OCC)cc1. The molecule has 0 unspecified atom stereocenters. The lowest BCUT2D eigenvalue weighted by atomic mass is 10.2. The van der Waals surface area contributed by atoms with Crippen molar-refractivity contribution in [3.8, 4) is 5.75 Å².